The van der Waals surface area contributed by atoms with Crippen LogP contribution in [0.2, 0.25) is 0 Å². The Kier molecular flexibility index (Phi) is 2.56. The third-order valence-corrected chi connectivity index (χ3v) is 2.28. The van der Waals surface area contributed by atoms with Crippen molar-refractivity contribution in [2.24, 2.45) is 0 Å². The molecular weight excluding hydrogens is 156 g/mol. The Hall–Kier alpha value is -0.490. The molecule has 0 nitrogen and oxygen atoms in total. The molecule has 1 heteroatoms. The SMILES string of the molecule is C=C(C)C1=C(Cl)C=C(C)CC1. The molecule has 1 aliphatic carbocycles. The van der Waals surface area contributed by atoms with Gasteiger partial charge in [0.05, 0.1) is 0 Å². The molecule has 1 rings (SSSR count). The van der Waals surface area contributed by atoms with Crippen molar-refractivity contribution in [2.75, 3.05) is 0 Å². The molecular formula is C10H13Cl. The highest BCUT2D eigenvalue weighted by Gasteiger charge is 2.09. The highest BCUT2D eigenvalue weighted by atomic mass is 35.5. The summed E-state index contributed by atoms with van der Waals surface area (Å²) in [5, 5.41) is 0.876. The number of halogens is 1. The summed E-state index contributed by atoms with van der Waals surface area (Å²) in [6.45, 7) is 8.00. The molecule has 0 amide bonds. The van der Waals surface area contributed by atoms with Crippen molar-refractivity contribution in [1.29, 1.82) is 0 Å². The van der Waals surface area contributed by atoms with Gasteiger partial charge in [0, 0.05) is 5.03 Å². The molecule has 0 atom stereocenters. The fourth-order valence-electron chi connectivity index (χ4n) is 1.23. The fourth-order valence-corrected chi connectivity index (χ4v) is 1.68. The third-order valence-electron chi connectivity index (χ3n) is 1.95. The largest absolute Gasteiger partial charge is 0.0958 e. The van der Waals surface area contributed by atoms with E-state index in [1.807, 2.05) is 13.0 Å². The number of hydrogen-bond donors (Lipinski definition) is 0. The molecule has 60 valence electrons. The molecule has 1 aliphatic rings. The highest BCUT2D eigenvalue weighted by Crippen LogP contribution is 2.29. The lowest BCUT2D eigenvalue weighted by Crippen LogP contribution is -1.94. The lowest BCUT2D eigenvalue weighted by atomic mass is 9.95. The number of rotatable bonds is 1. The van der Waals surface area contributed by atoms with Gasteiger partial charge < -0.3 is 0 Å². The second kappa shape index (κ2) is 3.27. The number of hydrogen-bond acceptors (Lipinski definition) is 0. The van der Waals surface area contributed by atoms with Crippen molar-refractivity contribution in [3.63, 3.8) is 0 Å². The third kappa shape index (κ3) is 1.97. The van der Waals surface area contributed by atoms with E-state index in [1.54, 1.807) is 0 Å². The minimum Gasteiger partial charge on any atom is -0.0958 e. The van der Waals surface area contributed by atoms with Gasteiger partial charge in [-0.2, -0.15) is 0 Å². The van der Waals surface area contributed by atoms with E-state index in [9.17, 15) is 0 Å². The summed E-state index contributed by atoms with van der Waals surface area (Å²) in [5.41, 5.74) is 3.68. The molecule has 0 saturated heterocycles. The first kappa shape index (κ1) is 8.61. The Morgan fingerprint density at radius 3 is 2.64 bits per heavy atom. The first-order valence-corrected chi connectivity index (χ1v) is 4.20. The van der Waals surface area contributed by atoms with Gasteiger partial charge in [-0.1, -0.05) is 29.3 Å². The molecule has 0 spiro atoms. The second-order valence-corrected chi connectivity index (χ2v) is 3.50. The highest BCUT2D eigenvalue weighted by molar-refractivity contribution is 6.32. The normalized spacial score (nSPS) is 18.3. The van der Waals surface area contributed by atoms with Crippen molar-refractivity contribution in [2.45, 2.75) is 26.7 Å². The summed E-state index contributed by atoms with van der Waals surface area (Å²) in [7, 11) is 0. The van der Waals surface area contributed by atoms with Crippen LogP contribution >= 0.6 is 11.6 Å². The average molecular weight is 169 g/mol. The van der Waals surface area contributed by atoms with Crippen LogP contribution in [0.4, 0.5) is 0 Å². The van der Waals surface area contributed by atoms with Crippen LogP contribution < -0.4 is 0 Å². The van der Waals surface area contributed by atoms with E-state index < -0.39 is 0 Å². The van der Waals surface area contributed by atoms with Crippen LogP contribution in [0, 0.1) is 0 Å². The quantitative estimate of drug-likeness (QED) is 0.559. The number of allylic oxidation sites excluding steroid dienone is 5. The lowest BCUT2D eigenvalue weighted by Gasteiger charge is -2.14. The summed E-state index contributed by atoms with van der Waals surface area (Å²) >= 11 is 6.01. The van der Waals surface area contributed by atoms with Gasteiger partial charge in [-0.05, 0) is 38.3 Å². The van der Waals surface area contributed by atoms with Gasteiger partial charge in [0.1, 0.15) is 0 Å². The summed E-state index contributed by atoms with van der Waals surface area (Å²) in [5.74, 6) is 0. The molecule has 0 unspecified atom stereocenters. The molecule has 0 aromatic rings. The van der Waals surface area contributed by atoms with Gasteiger partial charge in [-0.3, -0.25) is 0 Å². The monoisotopic (exact) mass is 168 g/mol. The zero-order valence-electron chi connectivity index (χ0n) is 7.08. The maximum Gasteiger partial charge on any atom is 0.0439 e. The summed E-state index contributed by atoms with van der Waals surface area (Å²) in [4.78, 5) is 0. The minimum absolute atomic E-state index is 0.876. The smallest absolute Gasteiger partial charge is 0.0439 e. The maximum absolute atomic E-state index is 6.01. The predicted octanol–water partition coefficient (Wildman–Crippen LogP) is 3.80. The summed E-state index contributed by atoms with van der Waals surface area (Å²) in [6.07, 6.45) is 4.21. The molecule has 0 N–H and O–H groups in total. The van der Waals surface area contributed by atoms with Crippen molar-refractivity contribution >= 4 is 11.6 Å². The zero-order valence-corrected chi connectivity index (χ0v) is 7.83. The first-order valence-electron chi connectivity index (χ1n) is 3.83. The van der Waals surface area contributed by atoms with E-state index in [2.05, 4.69) is 13.5 Å². The molecule has 0 aliphatic heterocycles. The molecule has 0 bridgehead atoms. The van der Waals surface area contributed by atoms with E-state index in [-0.39, 0.29) is 0 Å². The van der Waals surface area contributed by atoms with E-state index in [1.165, 1.54) is 11.1 Å². The van der Waals surface area contributed by atoms with Crippen molar-refractivity contribution in [3.8, 4) is 0 Å². The molecule has 0 aromatic carbocycles. The topological polar surface area (TPSA) is 0 Å². The minimum atomic E-state index is 0.876. The van der Waals surface area contributed by atoms with Crippen molar-refractivity contribution in [3.05, 3.63) is 34.4 Å². The summed E-state index contributed by atoms with van der Waals surface area (Å²) in [6, 6.07) is 0. The average Bonchev–Trinajstić information content (AvgIpc) is 1.85. The van der Waals surface area contributed by atoms with E-state index in [0.29, 0.717) is 0 Å². The van der Waals surface area contributed by atoms with Crippen LogP contribution in [0.5, 0.6) is 0 Å². The van der Waals surface area contributed by atoms with Crippen molar-refractivity contribution in [1.82, 2.24) is 0 Å². The molecule has 0 heterocycles. The van der Waals surface area contributed by atoms with Gasteiger partial charge >= 0.3 is 0 Å². The van der Waals surface area contributed by atoms with Crippen LogP contribution in [0.25, 0.3) is 0 Å². The van der Waals surface area contributed by atoms with Crippen LogP contribution in [-0.2, 0) is 0 Å². The van der Waals surface area contributed by atoms with Crippen LogP contribution in [0.3, 0.4) is 0 Å². The van der Waals surface area contributed by atoms with Gasteiger partial charge in [0.25, 0.3) is 0 Å². The molecule has 11 heavy (non-hydrogen) atoms. The van der Waals surface area contributed by atoms with E-state index in [4.69, 9.17) is 11.6 Å². The first-order chi connectivity index (χ1) is 5.11. The Labute approximate surface area is 73.3 Å². The summed E-state index contributed by atoms with van der Waals surface area (Å²) < 4.78 is 0. The molecule has 0 radical (unpaired) electrons. The van der Waals surface area contributed by atoms with E-state index in [0.717, 1.165) is 23.4 Å². The van der Waals surface area contributed by atoms with Gasteiger partial charge in [-0.25, -0.2) is 0 Å². The maximum atomic E-state index is 6.01. The van der Waals surface area contributed by atoms with Gasteiger partial charge in [0.2, 0.25) is 0 Å². The lowest BCUT2D eigenvalue weighted by molar-refractivity contribution is 0.908. The molecule has 0 saturated carbocycles. The van der Waals surface area contributed by atoms with Crippen LogP contribution in [0.1, 0.15) is 26.7 Å². The van der Waals surface area contributed by atoms with E-state index >= 15 is 0 Å². The Morgan fingerprint density at radius 2 is 2.18 bits per heavy atom. The second-order valence-electron chi connectivity index (χ2n) is 3.10. The fraction of sp³-hybridized carbons (Fsp3) is 0.400. The standard InChI is InChI=1S/C10H13Cl/c1-7(2)9-5-4-8(3)6-10(9)11/h6H,1,4-5H2,2-3H3. The zero-order chi connectivity index (χ0) is 8.43. The van der Waals surface area contributed by atoms with Crippen molar-refractivity contribution < 1.29 is 0 Å². The van der Waals surface area contributed by atoms with Gasteiger partial charge in [0.15, 0.2) is 0 Å². The Balaban J connectivity index is 2.95. The van der Waals surface area contributed by atoms with Crippen LogP contribution in [0.15, 0.2) is 34.4 Å². The predicted molar refractivity (Wildman–Crippen MR) is 50.7 cm³/mol. The van der Waals surface area contributed by atoms with Crippen LogP contribution in [-0.4, -0.2) is 0 Å². The molecule has 0 aromatic heterocycles. The Morgan fingerprint density at radius 1 is 1.55 bits per heavy atom. The van der Waals surface area contributed by atoms with Gasteiger partial charge in [-0.15, -0.1) is 0 Å². The Bertz CT molecular complexity index is 244. The molecule has 0 fully saturated rings.